The Hall–Kier alpha value is -3.61. The van der Waals surface area contributed by atoms with E-state index in [1.165, 1.54) is 0 Å². The van der Waals surface area contributed by atoms with Crippen LogP contribution in [-0.2, 0) is 16.9 Å². The lowest BCUT2D eigenvalue weighted by Gasteiger charge is -2.20. The highest BCUT2D eigenvalue weighted by molar-refractivity contribution is 6.07. The Morgan fingerprint density at radius 3 is 2.59 bits per heavy atom. The molecule has 1 aliphatic rings. The minimum Gasteiger partial charge on any atom is -0.467 e. The first-order chi connectivity index (χ1) is 13.9. The highest BCUT2D eigenvalue weighted by Gasteiger charge is 2.49. The van der Waals surface area contributed by atoms with Crippen LogP contribution >= 0.6 is 0 Å². The molecule has 1 N–H and O–H groups in total. The maximum Gasteiger partial charge on any atom is 0.346 e. The van der Waals surface area contributed by atoms with Crippen molar-refractivity contribution < 1.29 is 14.0 Å². The largest absolute Gasteiger partial charge is 0.467 e. The number of hydrazone groups is 1. The molecule has 0 radical (unpaired) electrons. The van der Waals surface area contributed by atoms with Gasteiger partial charge in [-0.1, -0.05) is 30.3 Å². The quantitative estimate of drug-likeness (QED) is 0.534. The van der Waals surface area contributed by atoms with Crippen molar-refractivity contribution in [2.24, 2.45) is 5.10 Å². The Kier molecular flexibility index (Phi) is 4.58. The van der Waals surface area contributed by atoms with Crippen LogP contribution in [0.15, 0.2) is 64.3 Å². The minimum absolute atomic E-state index is 0.408. The van der Waals surface area contributed by atoms with Gasteiger partial charge in [-0.15, -0.1) is 5.01 Å². The minimum atomic E-state index is -1.13. The first-order valence-electron chi connectivity index (χ1n) is 9.35. The van der Waals surface area contributed by atoms with Gasteiger partial charge < -0.3 is 14.3 Å². The molecular weight excluding hydrogens is 368 g/mol. The summed E-state index contributed by atoms with van der Waals surface area (Å²) in [6, 6.07) is 14.4. The normalized spacial score (nSPS) is 19.3. The predicted octanol–water partition coefficient (Wildman–Crippen LogP) is 3.55. The smallest absolute Gasteiger partial charge is 0.346 e. The first-order valence-corrected chi connectivity index (χ1v) is 9.35. The SMILES string of the molecule is Cc1cc(/C=N\N2C(=O)N[C@](C)(c3ccccc3)C2=O)c(C)n1Cc1ccco1. The summed E-state index contributed by atoms with van der Waals surface area (Å²) in [7, 11) is 0. The number of furan rings is 1. The van der Waals surface area contributed by atoms with Gasteiger partial charge in [0, 0.05) is 17.0 Å². The zero-order valence-corrected chi connectivity index (χ0v) is 16.5. The topological polar surface area (TPSA) is 79.8 Å². The number of nitrogens with zero attached hydrogens (tertiary/aromatic N) is 3. The molecule has 1 fully saturated rings. The molecule has 0 unspecified atom stereocenters. The Morgan fingerprint density at radius 2 is 1.90 bits per heavy atom. The zero-order valence-electron chi connectivity index (χ0n) is 16.5. The summed E-state index contributed by atoms with van der Waals surface area (Å²) in [6.07, 6.45) is 3.20. The summed E-state index contributed by atoms with van der Waals surface area (Å²) >= 11 is 0. The van der Waals surface area contributed by atoms with E-state index in [4.69, 9.17) is 4.42 Å². The Labute approximate surface area is 168 Å². The van der Waals surface area contributed by atoms with Crippen LogP contribution in [0.3, 0.4) is 0 Å². The maximum atomic E-state index is 12.9. The fourth-order valence-corrected chi connectivity index (χ4v) is 3.58. The number of rotatable bonds is 5. The standard InChI is InChI=1S/C22H22N4O3/c1-15-12-17(16(2)25(15)14-19-10-7-11-29-19)13-23-26-20(27)22(3,24-21(26)28)18-8-5-4-6-9-18/h4-13H,14H2,1-3H3,(H,24,28)/b23-13-/t22-/m1/s1. The second-order valence-electron chi connectivity index (χ2n) is 7.27. The second-order valence-corrected chi connectivity index (χ2v) is 7.27. The molecule has 1 aromatic carbocycles. The molecule has 148 valence electrons. The maximum absolute atomic E-state index is 12.9. The van der Waals surface area contributed by atoms with E-state index in [1.54, 1.807) is 19.4 Å². The van der Waals surface area contributed by atoms with E-state index < -0.39 is 17.5 Å². The molecule has 7 heteroatoms. The van der Waals surface area contributed by atoms with Crippen molar-refractivity contribution in [3.05, 3.63) is 83.1 Å². The highest BCUT2D eigenvalue weighted by Crippen LogP contribution is 2.28. The van der Waals surface area contributed by atoms with E-state index in [0.717, 1.165) is 27.7 Å². The van der Waals surface area contributed by atoms with Crippen molar-refractivity contribution in [1.82, 2.24) is 14.9 Å². The van der Waals surface area contributed by atoms with Crippen LogP contribution in [0.1, 0.15) is 35.2 Å². The van der Waals surface area contributed by atoms with Crippen LogP contribution < -0.4 is 5.32 Å². The van der Waals surface area contributed by atoms with Crippen LogP contribution in [-0.4, -0.2) is 27.7 Å². The molecule has 0 spiro atoms. The molecule has 0 saturated carbocycles. The molecular formula is C22H22N4O3. The third-order valence-electron chi connectivity index (χ3n) is 5.34. The van der Waals surface area contributed by atoms with Crippen LogP contribution in [0.25, 0.3) is 0 Å². The van der Waals surface area contributed by atoms with Gasteiger partial charge in [0.25, 0.3) is 5.91 Å². The lowest BCUT2D eigenvalue weighted by atomic mass is 9.92. The third kappa shape index (κ3) is 3.24. The van der Waals surface area contributed by atoms with E-state index in [1.807, 2.05) is 62.4 Å². The van der Waals surface area contributed by atoms with Crippen molar-refractivity contribution in [2.75, 3.05) is 0 Å². The van der Waals surface area contributed by atoms with Crippen molar-refractivity contribution in [3.8, 4) is 0 Å². The number of imide groups is 1. The summed E-state index contributed by atoms with van der Waals surface area (Å²) in [5.74, 6) is 0.442. The molecule has 0 bridgehead atoms. The van der Waals surface area contributed by atoms with Crippen molar-refractivity contribution in [1.29, 1.82) is 0 Å². The number of carbonyl (C=O) groups is 2. The summed E-state index contributed by atoms with van der Waals surface area (Å²) in [5, 5.41) is 7.84. The molecule has 1 saturated heterocycles. The number of hydrogen-bond acceptors (Lipinski definition) is 4. The number of amides is 3. The lowest BCUT2D eigenvalue weighted by molar-refractivity contribution is -0.131. The number of hydrogen-bond donors (Lipinski definition) is 1. The summed E-state index contributed by atoms with van der Waals surface area (Å²) in [5.41, 5.74) is 2.43. The van der Waals surface area contributed by atoms with Crippen molar-refractivity contribution in [3.63, 3.8) is 0 Å². The van der Waals surface area contributed by atoms with Gasteiger partial charge in [-0.3, -0.25) is 4.79 Å². The number of aryl methyl sites for hydroxylation is 1. The van der Waals surface area contributed by atoms with Gasteiger partial charge in [0.1, 0.15) is 11.3 Å². The van der Waals surface area contributed by atoms with Gasteiger partial charge in [0.15, 0.2) is 0 Å². The molecule has 3 amide bonds. The first kappa shape index (κ1) is 18.7. The number of nitrogens with one attached hydrogen (secondary N) is 1. The predicted molar refractivity (Wildman–Crippen MR) is 108 cm³/mol. The van der Waals surface area contributed by atoms with Crippen LogP contribution in [0, 0.1) is 13.8 Å². The highest BCUT2D eigenvalue weighted by atomic mass is 16.3. The van der Waals surface area contributed by atoms with Crippen LogP contribution in [0.5, 0.6) is 0 Å². The molecule has 3 aromatic rings. The van der Waals surface area contributed by atoms with E-state index in [-0.39, 0.29) is 0 Å². The monoisotopic (exact) mass is 390 g/mol. The van der Waals surface area contributed by atoms with Gasteiger partial charge in [0.05, 0.1) is 19.0 Å². The fourth-order valence-electron chi connectivity index (χ4n) is 3.58. The fraction of sp³-hybridized carbons (Fsp3) is 0.227. The van der Waals surface area contributed by atoms with E-state index in [2.05, 4.69) is 15.0 Å². The number of urea groups is 1. The molecule has 3 heterocycles. The molecule has 0 aliphatic carbocycles. The van der Waals surface area contributed by atoms with Crippen LogP contribution in [0.4, 0.5) is 4.79 Å². The molecule has 4 rings (SSSR count). The molecule has 1 aliphatic heterocycles. The average Bonchev–Trinajstić information content (AvgIpc) is 3.37. The summed E-state index contributed by atoms with van der Waals surface area (Å²) in [4.78, 5) is 25.4. The van der Waals surface area contributed by atoms with Gasteiger partial charge in [-0.05, 0) is 44.5 Å². The van der Waals surface area contributed by atoms with E-state index in [0.29, 0.717) is 12.1 Å². The molecule has 7 nitrogen and oxygen atoms in total. The van der Waals surface area contributed by atoms with Gasteiger partial charge in [-0.25, -0.2) is 4.79 Å². The number of benzene rings is 1. The number of aromatic nitrogens is 1. The second kappa shape index (κ2) is 7.09. The number of carbonyl (C=O) groups excluding carboxylic acids is 2. The molecule has 29 heavy (non-hydrogen) atoms. The Morgan fingerprint density at radius 1 is 1.14 bits per heavy atom. The van der Waals surface area contributed by atoms with Gasteiger partial charge in [0.2, 0.25) is 0 Å². The summed E-state index contributed by atoms with van der Waals surface area (Å²) < 4.78 is 7.53. The summed E-state index contributed by atoms with van der Waals surface area (Å²) in [6.45, 7) is 6.26. The molecule has 1 atom stereocenters. The Balaban J connectivity index is 1.58. The third-order valence-corrected chi connectivity index (χ3v) is 5.34. The van der Waals surface area contributed by atoms with Gasteiger partial charge >= 0.3 is 6.03 Å². The lowest BCUT2D eigenvalue weighted by Crippen LogP contribution is -2.40. The van der Waals surface area contributed by atoms with E-state index in [9.17, 15) is 9.59 Å². The average molecular weight is 390 g/mol. The Bertz CT molecular complexity index is 1080. The van der Waals surface area contributed by atoms with E-state index >= 15 is 0 Å². The van der Waals surface area contributed by atoms with Crippen molar-refractivity contribution >= 4 is 18.2 Å². The molecule has 2 aromatic heterocycles. The zero-order chi connectivity index (χ0) is 20.6. The van der Waals surface area contributed by atoms with Crippen LogP contribution in [0.2, 0.25) is 0 Å². The van der Waals surface area contributed by atoms with Crippen molar-refractivity contribution in [2.45, 2.75) is 32.9 Å². The van der Waals surface area contributed by atoms with Gasteiger partial charge in [-0.2, -0.15) is 5.10 Å².